The van der Waals surface area contributed by atoms with Crippen molar-refractivity contribution in [3.05, 3.63) is 135 Å². The molecule has 1 amide bonds. The van der Waals surface area contributed by atoms with Gasteiger partial charge in [0.25, 0.3) is 0 Å². The number of fused-ring (bicyclic) bond motifs is 4. The maximum absolute atomic E-state index is 13.0. The highest BCUT2D eigenvalue weighted by molar-refractivity contribution is 5.87. The fraction of sp³-hybridized carbons (Fsp3) is 0.317. The Labute approximate surface area is 302 Å². The van der Waals surface area contributed by atoms with Crippen molar-refractivity contribution in [2.75, 3.05) is 33.3 Å². The number of nitrogens with zero attached hydrogens (tertiary/aromatic N) is 2. The molecule has 5 N–H and O–H groups in total. The molecule has 0 radical (unpaired) electrons. The number of phenolic OH excluding ortho intramolecular Hbond substituents is 1. The quantitative estimate of drug-likeness (QED) is 0.103. The molecule has 3 fully saturated rings. The van der Waals surface area contributed by atoms with Gasteiger partial charge in [-0.1, -0.05) is 60.7 Å². The van der Waals surface area contributed by atoms with Gasteiger partial charge in [0.1, 0.15) is 23.9 Å². The lowest BCUT2D eigenvalue weighted by Gasteiger charge is -2.50. The first-order chi connectivity index (χ1) is 25.3. The summed E-state index contributed by atoms with van der Waals surface area (Å²) >= 11 is 0. The number of aromatic hydroxyl groups is 1. The van der Waals surface area contributed by atoms with Crippen molar-refractivity contribution in [3.63, 3.8) is 0 Å². The number of methoxy groups -OCH3 is 1. The molecule has 1 aromatic heterocycles. The Morgan fingerprint density at radius 3 is 2.50 bits per heavy atom. The van der Waals surface area contributed by atoms with E-state index in [0.29, 0.717) is 34.9 Å². The molecule has 8 rings (SSSR count). The molecule has 3 aliphatic heterocycles. The Balaban J connectivity index is 1.03. The Hall–Kier alpha value is -5.36. The summed E-state index contributed by atoms with van der Waals surface area (Å²) in [6, 6.07) is 28.9. The number of amides is 1. The van der Waals surface area contributed by atoms with Crippen molar-refractivity contribution >= 4 is 17.0 Å². The van der Waals surface area contributed by atoms with Crippen LogP contribution in [-0.4, -0.2) is 75.5 Å². The molecule has 3 aliphatic rings. The number of aromatic amines is 1. The normalized spacial score (nSPS) is 19.2. The highest BCUT2D eigenvalue weighted by Crippen LogP contribution is 2.39. The monoisotopic (exact) mass is 704 g/mol. The molecule has 52 heavy (non-hydrogen) atoms. The summed E-state index contributed by atoms with van der Waals surface area (Å²) in [6.45, 7) is 3.75. The van der Waals surface area contributed by atoms with Crippen molar-refractivity contribution < 1.29 is 29.6 Å². The van der Waals surface area contributed by atoms with E-state index in [1.807, 2.05) is 72.8 Å². The Morgan fingerprint density at radius 1 is 0.981 bits per heavy atom. The van der Waals surface area contributed by atoms with Crippen LogP contribution in [0.1, 0.15) is 52.8 Å². The first kappa shape index (κ1) is 35.1. The highest BCUT2D eigenvalue weighted by Gasteiger charge is 2.43. The number of ether oxygens (including phenoxy) is 2. The first-order valence-electron chi connectivity index (χ1n) is 17.7. The van der Waals surface area contributed by atoms with E-state index in [-0.39, 0.29) is 36.0 Å². The SMILES string of the molecule is COc1cc(COc2cccc([C@H](c3ccccc3)N(C(=O)O)C3CN4CCC3CC4)c2)ccc1CNCC(O)c1ccc(O)c2[nH]c(=O)ccc12. The van der Waals surface area contributed by atoms with Crippen molar-refractivity contribution in [2.24, 2.45) is 5.92 Å². The number of carboxylic acid groups (broad SMARTS) is 1. The summed E-state index contributed by atoms with van der Waals surface area (Å²) in [5, 5.41) is 35.6. The maximum atomic E-state index is 13.0. The molecule has 2 unspecified atom stereocenters. The van der Waals surface area contributed by atoms with E-state index in [1.54, 1.807) is 24.1 Å². The molecule has 2 bridgehead atoms. The fourth-order valence-electron chi connectivity index (χ4n) is 7.81. The maximum Gasteiger partial charge on any atom is 0.408 e. The van der Waals surface area contributed by atoms with Gasteiger partial charge >= 0.3 is 6.09 Å². The number of pyridine rings is 1. The van der Waals surface area contributed by atoms with Crippen LogP contribution in [0.2, 0.25) is 0 Å². The van der Waals surface area contributed by atoms with E-state index in [1.165, 1.54) is 12.1 Å². The zero-order chi connectivity index (χ0) is 36.2. The summed E-state index contributed by atoms with van der Waals surface area (Å²) in [5.41, 5.74) is 4.12. The van der Waals surface area contributed by atoms with Gasteiger partial charge < -0.3 is 40.0 Å². The molecule has 4 aromatic carbocycles. The van der Waals surface area contributed by atoms with Gasteiger partial charge in [-0.25, -0.2) is 4.79 Å². The standard InChI is InChI=1S/C41H44N4O7/c1-51-37-20-26(10-11-30(37)22-42-23-36(47)32-12-14-35(46)39-33(32)13-15-38(48)43-39)25-52-31-9-5-8-29(21-31)40(28-6-3-2-4-7-28)45(41(49)50)34-24-44-18-16-27(34)17-19-44/h2-15,20-21,27,34,36,40,42,46-47H,16-19,22-25H2,1H3,(H,43,48)(H,49,50)/t34?,36?,40-/m0/s1. The summed E-state index contributed by atoms with van der Waals surface area (Å²) in [5.74, 6) is 1.60. The zero-order valence-electron chi connectivity index (χ0n) is 29.1. The third-order valence-electron chi connectivity index (χ3n) is 10.4. The van der Waals surface area contributed by atoms with Gasteiger partial charge in [0.2, 0.25) is 5.56 Å². The lowest BCUT2D eigenvalue weighted by atomic mass is 9.81. The predicted octanol–water partition coefficient (Wildman–Crippen LogP) is 5.81. The van der Waals surface area contributed by atoms with Crippen molar-refractivity contribution in [3.8, 4) is 17.2 Å². The number of aromatic nitrogens is 1. The van der Waals surface area contributed by atoms with E-state index >= 15 is 0 Å². The van der Waals surface area contributed by atoms with Crippen molar-refractivity contribution in [1.82, 2.24) is 20.1 Å². The number of benzene rings is 4. The number of hydrogen-bond acceptors (Lipinski definition) is 8. The third-order valence-corrected chi connectivity index (χ3v) is 10.4. The Morgan fingerprint density at radius 2 is 1.77 bits per heavy atom. The van der Waals surface area contributed by atoms with Gasteiger partial charge in [-0.2, -0.15) is 0 Å². The van der Waals surface area contributed by atoms with Crippen LogP contribution in [0, 0.1) is 5.92 Å². The Kier molecular flexibility index (Phi) is 10.4. The number of phenols is 1. The van der Waals surface area contributed by atoms with Gasteiger partial charge in [-0.05, 0) is 84.4 Å². The summed E-state index contributed by atoms with van der Waals surface area (Å²) in [4.78, 5) is 31.5. The van der Waals surface area contributed by atoms with Gasteiger partial charge in [-0.3, -0.25) is 9.69 Å². The number of carbonyl (C=O) groups is 1. The average molecular weight is 705 g/mol. The number of H-pyrrole nitrogens is 1. The molecule has 0 spiro atoms. The molecular formula is C41H44N4O7. The smallest absolute Gasteiger partial charge is 0.408 e. The molecule has 0 aliphatic carbocycles. The van der Waals surface area contributed by atoms with Gasteiger partial charge in [0.15, 0.2) is 0 Å². The second kappa shape index (κ2) is 15.5. The van der Waals surface area contributed by atoms with E-state index in [4.69, 9.17) is 9.47 Å². The topological polar surface area (TPSA) is 148 Å². The number of aliphatic hydroxyl groups is 1. The minimum absolute atomic E-state index is 0.0565. The third kappa shape index (κ3) is 7.48. The lowest BCUT2D eigenvalue weighted by Crippen LogP contribution is -2.59. The van der Waals surface area contributed by atoms with Crippen LogP contribution >= 0.6 is 0 Å². The Bertz CT molecular complexity index is 2080. The molecule has 11 heteroatoms. The summed E-state index contributed by atoms with van der Waals surface area (Å²) < 4.78 is 12.0. The number of rotatable bonds is 13. The molecule has 270 valence electrons. The molecular weight excluding hydrogens is 660 g/mol. The van der Waals surface area contributed by atoms with Crippen LogP contribution in [-0.2, 0) is 13.2 Å². The molecule has 0 saturated carbocycles. The molecule has 11 nitrogen and oxygen atoms in total. The minimum Gasteiger partial charge on any atom is -0.506 e. The summed E-state index contributed by atoms with van der Waals surface area (Å²) in [6.07, 6.45) is 0.228. The van der Waals surface area contributed by atoms with Crippen molar-refractivity contribution in [2.45, 2.75) is 44.2 Å². The van der Waals surface area contributed by atoms with E-state index in [2.05, 4.69) is 15.2 Å². The number of aliphatic hydroxyl groups excluding tert-OH is 1. The lowest BCUT2D eigenvalue weighted by molar-refractivity contribution is -0.000812. The molecule has 3 atom stereocenters. The van der Waals surface area contributed by atoms with E-state index in [9.17, 15) is 24.9 Å². The van der Waals surface area contributed by atoms with Crippen molar-refractivity contribution in [1.29, 1.82) is 0 Å². The van der Waals surface area contributed by atoms with Crippen LogP contribution in [0.4, 0.5) is 4.79 Å². The van der Waals surface area contributed by atoms with Crippen LogP contribution in [0.15, 0.2) is 102 Å². The van der Waals surface area contributed by atoms with Crippen LogP contribution in [0.25, 0.3) is 10.9 Å². The second-order valence-corrected chi connectivity index (χ2v) is 13.6. The summed E-state index contributed by atoms with van der Waals surface area (Å²) in [7, 11) is 1.61. The van der Waals surface area contributed by atoms with E-state index in [0.717, 1.165) is 54.7 Å². The first-order valence-corrected chi connectivity index (χ1v) is 17.7. The zero-order valence-corrected chi connectivity index (χ0v) is 29.1. The second-order valence-electron chi connectivity index (χ2n) is 13.6. The fourth-order valence-corrected chi connectivity index (χ4v) is 7.81. The largest absolute Gasteiger partial charge is 0.506 e. The average Bonchev–Trinajstić information content (AvgIpc) is 3.17. The van der Waals surface area contributed by atoms with Crippen LogP contribution in [0.5, 0.6) is 17.2 Å². The molecule has 5 aromatic rings. The predicted molar refractivity (Wildman–Crippen MR) is 198 cm³/mol. The van der Waals surface area contributed by atoms with Gasteiger partial charge in [0, 0.05) is 36.7 Å². The molecule has 3 saturated heterocycles. The molecule has 4 heterocycles. The van der Waals surface area contributed by atoms with Crippen LogP contribution in [0.3, 0.4) is 0 Å². The number of nitrogens with one attached hydrogen (secondary N) is 2. The number of piperidine rings is 3. The number of hydrogen-bond donors (Lipinski definition) is 5. The van der Waals surface area contributed by atoms with E-state index < -0.39 is 18.2 Å². The van der Waals surface area contributed by atoms with Gasteiger partial charge in [-0.15, -0.1) is 0 Å². The van der Waals surface area contributed by atoms with Gasteiger partial charge in [0.05, 0.1) is 30.8 Å². The highest BCUT2D eigenvalue weighted by atomic mass is 16.5. The minimum atomic E-state index is -0.915. The van der Waals surface area contributed by atoms with Crippen LogP contribution < -0.4 is 20.3 Å².